The molecule has 0 spiro atoms. The third-order valence-corrected chi connectivity index (χ3v) is 5.09. The van der Waals surface area contributed by atoms with Gasteiger partial charge in [0.15, 0.2) is 0 Å². The van der Waals surface area contributed by atoms with Crippen LogP contribution in [0.2, 0.25) is 0 Å². The molecule has 3 aromatic rings. The van der Waals surface area contributed by atoms with Gasteiger partial charge in [-0.1, -0.05) is 28.1 Å². The molecular formula is C19H18BrN3O2. The second-order valence-corrected chi connectivity index (χ2v) is 7.06. The van der Waals surface area contributed by atoms with E-state index in [1.54, 1.807) is 13.3 Å². The minimum Gasteiger partial charge on any atom is -0.396 e. The number of ether oxygens (including phenoxy) is 2. The summed E-state index contributed by atoms with van der Waals surface area (Å²) < 4.78 is 11.9. The minimum absolute atomic E-state index is 0.314. The summed E-state index contributed by atoms with van der Waals surface area (Å²) in [6.07, 6.45) is 1.68. The highest BCUT2D eigenvalue weighted by molar-refractivity contribution is 9.10. The Morgan fingerprint density at radius 2 is 1.96 bits per heavy atom. The maximum absolute atomic E-state index is 6.16. The number of nitrogens with two attached hydrogens (primary N) is 1. The van der Waals surface area contributed by atoms with Gasteiger partial charge in [0.25, 0.3) is 0 Å². The van der Waals surface area contributed by atoms with Gasteiger partial charge in [-0.15, -0.1) is 0 Å². The van der Waals surface area contributed by atoms with E-state index >= 15 is 0 Å². The largest absolute Gasteiger partial charge is 0.396 e. The molecule has 2 heterocycles. The molecule has 0 bridgehead atoms. The summed E-state index contributed by atoms with van der Waals surface area (Å²) >= 11 is 3.51. The van der Waals surface area contributed by atoms with Crippen LogP contribution in [0.1, 0.15) is 5.56 Å². The highest BCUT2D eigenvalue weighted by Gasteiger charge is 2.40. The average Bonchev–Trinajstić information content (AvgIpc) is 2.58. The summed E-state index contributed by atoms with van der Waals surface area (Å²) in [6, 6.07) is 14.1. The van der Waals surface area contributed by atoms with Crippen LogP contribution in [0.25, 0.3) is 10.9 Å². The van der Waals surface area contributed by atoms with E-state index in [0.717, 1.165) is 32.3 Å². The Balaban J connectivity index is 1.67. The van der Waals surface area contributed by atoms with Gasteiger partial charge in [-0.2, -0.15) is 0 Å². The van der Waals surface area contributed by atoms with Crippen LogP contribution in [-0.2, 0) is 15.1 Å². The van der Waals surface area contributed by atoms with Crippen molar-refractivity contribution in [3.05, 3.63) is 58.7 Å². The van der Waals surface area contributed by atoms with Gasteiger partial charge < -0.3 is 20.5 Å². The van der Waals surface area contributed by atoms with E-state index in [1.165, 1.54) is 0 Å². The molecule has 2 aromatic carbocycles. The van der Waals surface area contributed by atoms with Crippen LogP contribution in [0, 0.1) is 0 Å². The monoisotopic (exact) mass is 399 g/mol. The molecule has 1 saturated heterocycles. The quantitative estimate of drug-likeness (QED) is 0.687. The second-order valence-electron chi connectivity index (χ2n) is 6.14. The van der Waals surface area contributed by atoms with Crippen molar-refractivity contribution in [2.45, 2.75) is 5.60 Å². The van der Waals surface area contributed by atoms with Gasteiger partial charge in [-0.25, -0.2) is 0 Å². The first kappa shape index (κ1) is 16.3. The number of hydrogen-bond acceptors (Lipinski definition) is 5. The van der Waals surface area contributed by atoms with Gasteiger partial charge in [-0.3, -0.25) is 4.98 Å². The highest BCUT2D eigenvalue weighted by atomic mass is 79.9. The standard InChI is InChI=1S/C19H18BrN3O2/c1-24-19(10-25-11-19)12-2-5-14(6-3-12)23-18-15-8-13(20)4-7-17(15)22-9-16(18)21/h2-9H,10-11,21H2,1H3,(H,22,23). The van der Waals surface area contributed by atoms with E-state index in [0.29, 0.717) is 18.9 Å². The van der Waals surface area contributed by atoms with Crippen LogP contribution in [-0.4, -0.2) is 25.3 Å². The maximum Gasteiger partial charge on any atom is 0.139 e. The third kappa shape index (κ3) is 2.86. The minimum atomic E-state index is -0.314. The molecule has 4 rings (SSSR count). The molecule has 5 nitrogen and oxygen atoms in total. The van der Waals surface area contributed by atoms with E-state index in [9.17, 15) is 0 Å². The summed E-state index contributed by atoms with van der Waals surface area (Å²) in [5, 5.41) is 4.39. The molecule has 1 aliphatic heterocycles. The zero-order valence-electron chi connectivity index (χ0n) is 13.8. The Morgan fingerprint density at radius 3 is 2.60 bits per heavy atom. The van der Waals surface area contributed by atoms with Crippen molar-refractivity contribution in [2.24, 2.45) is 0 Å². The van der Waals surface area contributed by atoms with Crippen molar-refractivity contribution in [1.82, 2.24) is 4.98 Å². The molecule has 3 N–H and O–H groups in total. The number of halogens is 1. The number of hydrogen-bond donors (Lipinski definition) is 2. The first-order chi connectivity index (χ1) is 12.1. The van der Waals surface area contributed by atoms with Crippen molar-refractivity contribution in [3.63, 3.8) is 0 Å². The molecule has 0 radical (unpaired) electrons. The smallest absolute Gasteiger partial charge is 0.139 e. The summed E-state index contributed by atoms with van der Waals surface area (Å²) in [7, 11) is 1.72. The normalized spacial score (nSPS) is 15.8. The lowest BCUT2D eigenvalue weighted by molar-refractivity contribution is -0.202. The number of nitrogen functional groups attached to an aromatic ring is 1. The molecule has 1 aliphatic rings. The van der Waals surface area contributed by atoms with Crippen molar-refractivity contribution >= 4 is 43.9 Å². The molecule has 0 unspecified atom stereocenters. The molecule has 0 saturated carbocycles. The van der Waals surface area contributed by atoms with Crippen molar-refractivity contribution in [2.75, 3.05) is 31.4 Å². The van der Waals surface area contributed by atoms with Gasteiger partial charge in [0.2, 0.25) is 0 Å². The molecule has 1 fully saturated rings. The van der Waals surface area contributed by atoms with Crippen LogP contribution in [0.5, 0.6) is 0 Å². The fourth-order valence-electron chi connectivity index (χ4n) is 3.01. The van der Waals surface area contributed by atoms with Crippen LogP contribution < -0.4 is 11.1 Å². The zero-order chi connectivity index (χ0) is 17.4. The number of benzene rings is 2. The van der Waals surface area contributed by atoms with Crippen LogP contribution in [0.4, 0.5) is 17.1 Å². The molecule has 128 valence electrons. The summed E-state index contributed by atoms with van der Waals surface area (Å²) in [6.45, 7) is 1.18. The zero-order valence-corrected chi connectivity index (χ0v) is 15.3. The Labute approximate surface area is 154 Å². The Bertz CT molecular complexity index is 913. The summed E-state index contributed by atoms with van der Waals surface area (Å²) in [5.74, 6) is 0. The van der Waals surface area contributed by atoms with Crippen LogP contribution in [0.15, 0.2) is 53.1 Å². The van der Waals surface area contributed by atoms with E-state index in [-0.39, 0.29) is 5.60 Å². The van der Waals surface area contributed by atoms with Crippen molar-refractivity contribution in [3.8, 4) is 0 Å². The van der Waals surface area contributed by atoms with E-state index in [1.807, 2.05) is 30.3 Å². The molecule has 25 heavy (non-hydrogen) atoms. The fraction of sp³-hybridized carbons (Fsp3) is 0.211. The highest BCUT2D eigenvalue weighted by Crippen LogP contribution is 2.35. The number of nitrogens with zero attached hydrogens (tertiary/aromatic N) is 1. The fourth-order valence-corrected chi connectivity index (χ4v) is 3.37. The Morgan fingerprint density at radius 1 is 1.20 bits per heavy atom. The first-order valence-corrected chi connectivity index (χ1v) is 8.75. The van der Waals surface area contributed by atoms with Gasteiger partial charge >= 0.3 is 0 Å². The molecule has 6 heteroatoms. The van der Waals surface area contributed by atoms with Crippen LogP contribution in [0.3, 0.4) is 0 Å². The number of methoxy groups -OCH3 is 1. The van der Waals surface area contributed by atoms with E-state index in [4.69, 9.17) is 15.2 Å². The van der Waals surface area contributed by atoms with Gasteiger partial charge in [0.05, 0.1) is 36.3 Å². The summed E-state index contributed by atoms with van der Waals surface area (Å²) in [5.41, 5.74) is 10.3. The topological polar surface area (TPSA) is 69.4 Å². The lowest BCUT2D eigenvalue weighted by Crippen LogP contribution is -2.48. The van der Waals surface area contributed by atoms with E-state index in [2.05, 4.69) is 38.4 Å². The van der Waals surface area contributed by atoms with Crippen molar-refractivity contribution < 1.29 is 9.47 Å². The predicted octanol–water partition coefficient (Wildman–Crippen LogP) is 4.20. The van der Waals surface area contributed by atoms with Gasteiger partial charge in [0.1, 0.15) is 5.60 Å². The number of fused-ring (bicyclic) bond motifs is 1. The molecule has 0 atom stereocenters. The lowest BCUT2D eigenvalue weighted by atomic mass is 9.91. The third-order valence-electron chi connectivity index (χ3n) is 4.60. The Hall–Kier alpha value is -2.15. The number of anilines is 3. The van der Waals surface area contributed by atoms with E-state index < -0.39 is 0 Å². The number of nitrogens with one attached hydrogen (secondary N) is 1. The predicted molar refractivity (Wildman–Crippen MR) is 103 cm³/mol. The maximum atomic E-state index is 6.16. The lowest BCUT2D eigenvalue weighted by Gasteiger charge is -2.40. The Kier molecular flexibility index (Phi) is 4.11. The SMILES string of the molecule is COC1(c2ccc(Nc3c(N)cnc4ccc(Br)cc34)cc2)COC1. The molecular weight excluding hydrogens is 382 g/mol. The number of pyridine rings is 1. The second kappa shape index (κ2) is 6.29. The molecule has 1 aromatic heterocycles. The van der Waals surface area contributed by atoms with Gasteiger partial charge in [0, 0.05) is 22.7 Å². The first-order valence-electron chi connectivity index (χ1n) is 7.95. The van der Waals surface area contributed by atoms with Crippen molar-refractivity contribution in [1.29, 1.82) is 0 Å². The number of aromatic nitrogens is 1. The average molecular weight is 400 g/mol. The summed E-state index contributed by atoms with van der Waals surface area (Å²) in [4.78, 5) is 4.38. The molecule has 0 amide bonds. The van der Waals surface area contributed by atoms with Gasteiger partial charge in [-0.05, 0) is 35.9 Å². The van der Waals surface area contributed by atoms with Crippen LogP contribution >= 0.6 is 15.9 Å². The number of rotatable bonds is 4. The molecule has 0 aliphatic carbocycles.